The average molecular weight is 190 g/mol. The van der Waals surface area contributed by atoms with Crippen LogP contribution in [0.5, 0.6) is 0 Å². The second-order valence-electron chi connectivity index (χ2n) is 2.66. The van der Waals surface area contributed by atoms with E-state index < -0.39 is 0 Å². The highest BCUT2D eigenvalue weighted by atomic mass is 32.1. The minimum atomic E-state index is 1.07. The van der Waals surface area contributed by atoms with E-state index in [-0.39, 0.29) is 0 Å². The van der Waals surface area contributed by atoms with Gasteiger partial charge in [0.25, 0.3) is 0 Å². The van der Waals surface area contributed by atoms with E-state index in [0.29, 0.717) is 0 Å². The normalized spacial score (nSPS) is 9.92. The Kier molecular flexibility index (Phi) is 2.27. The van der Waals surface area contributed by atoms with Crippen LogP contribution in [0.2, 0.25) is 0 Å². The first-order valence-corrected chi connectivity index (χ1v) is 4.96. The molecule has 1 N–H and O–H groups in total. The molecule has 2 nitrogen and oxygen atoms in total. The number of aromatic nitrogens is 1. The highest BCUT2D eigenvalue weighted by molar-refractivity contribution is 7.13. The Hall–Kier alpha value is -1.35. The molecule has 0 bridgehead atoms. The first kappa shape index (κ1) is 8.26. The van der Waals surface area contributed by atoms with Crippen molar-refractivity contribution in [2.24, 2.45) is 0 Å². The molecule has 2 rings (SSSR count). The minimum Gasteiger partial charge on any atom is -0.388 e. The smallest absolute Gasteiger partial charge is 0.123 e. The number of benzene rings is 1. The third-order valence-electron chi connectivity index (χ3n) is 1.85. The van der Waals surface area contributed by atoms with Crippen LogP contribution < -0.4 is 5.32 Å². The molecule has 0 aliphatic carbocycles. The summed E-state index contributed by atoms with van der Waals surface area (Å²) in [7, 11) is 1.92. The number of nitrogens with one attached hydrogen (secondary N) is 1. The Bertz CT molecular complexity index is 364. The molecule has 1 heterocycles. The largest absolute Gasteiger partial charge is 0.388 e. The molecular weight excluding hydrogens is 180 g/mol. The van der Waals surface area contributed by atoms with E-state index in [1.54, 1.807) is 11.3 Å². The third kappa shape index (κ3) is 1.70. The number of nitrogens with zero attached hydrogens (tertiary/aromatic N) is 1. The van der Waals surface area contributed by atoms with E-state index in [1.807, 2.05) is 18.6 Å². The van der Waals surface area contributed by atoms with Crippen molar-refractivity contribution in [2.45, 2.75) is 0 Å². The number of hydrogen-bond acceptors (Lipinski definition) is 3. The van der Waals surface area contributed by atoms with Crippen molar-refractivity contribution in [3.63, 3.8) is 0 Å². The summed E-state index contributed by atoms with van der Waals surface area (Å²) in [6.45, 7) is 0. The van der Waals surface area contributed by atoms with E-state index in [0.717, 1.165) is 10.7 Å². The van der Waals surface area contributed by atoms with E-state index in [2.05, 4.69) is 34.6 Å². The lowest BCUT2D eigenvalue weighted by Crippen LogP contribution is -1.86. The van der Waals surface area contributed by atoms with Crippen molar-refractivity contribution < 1.29 is 0 Å². The average Bonchev–Trinajstić information content (AvgIpc) is 2.71. The third-order valence-corrected chi connectivity index (χ3v) is 2.68. The van der Waals surface area contributed by atoms with Gasteiger partial charge in [-0.3, -0.25) is 0 Å². The maximum atomic E-state index is 4.24. The van der Waals surface area contributed by atoms with Crippen LogP contribution in [-0.2, 0) is 0 Å². The molecule has 66 valence electrons. The van der Waals surface area contributed by atoms with Crippen molar-refractivity contribution in [1.29, 1.82) is 0 Å². The van der Waals surface area contributed by atoms with Gasteiger partial charge in [-0.25, -0.2) is 4.98 Å². The quantitative estimate of drug-likeness (QED) is 0.787. The summed E-state index contributed by atoms with van der Waals surface area (Å²) < 4.78 is 0. The highest BCUT2D eigenvalue weighted by Crippen LogP contribution is 2.22. The molecule has 3 heteroatoms. The van der Waals surface area contributed by atoms with Crippen LogP contribution in [-0.4, -0.2) is 12.0 Å². The van der Waals surface area contributed by atoms with Crippen LogP contribution in [0.25, 0.3) is 10.6 Å². The second-order valence-corrected chi connectivity index (χ2v) is 3.56. The maximum absolute atomic E-state index is 4.24. The van der Waals surface area contributed by atoms with Crippen molar-refractivity contribution in [3.8, 4) is 10.6 Å². The Morgan fingerprint density at radius 1 is 1.23 bits per heavy atom. The van der Waals surface area contributed by atoms with E-state index in [1.165, 1.54) is 5.56 Å². The van der Waals surface area contributed by atoms with Gasteiger partial charge in [-0.15, -0.1) is 11.3 Å². The van der Waals surface area contributed by atoms with Gasteiger partial charge in [0.15, 0.2) is 0 Å². The van der Waals surface area contributed by atoms with Gasteiger partial charge in [-0.1, -0.05) is 0 Å². The Balaban J connectivity index is 2.33. The van der Waals surface area contributed by atoms with Crippen LogP contribution in [0.1, 0.15) is 0 Å². The lowest BCUT2D eigenvalue weighted by molar-refractivity contribution is 1.41. The topological polar surface area (TPSA) is 24.9 Å². The molecule has 2 aromatic rings. The molecule has 13 heavy (non-hydrogen) atoms. The fourth-order valence-electron chi connectivity index (χ4n) is 1.15. The van der Waals surface area contributed by atoms with Gasteiger partial charge < -0.3 is 5.32 Å². The number of anilines is 1. The molecule has 0 saturated heterocycles. The zero-order chi connectivity index (χ0) is 9.10. The summed E-state index contributed by atoms with van der Waals surface area (Å²) >= 11 is 1.66. The van der Waals surface area contributed by atoms with Crippen molar-refractivity contribution in [3.05, 3.63) is 35.8 Å². The van der Waals surface area contributed by atoms with Crippen molar-refractivity contribution in [1.82, 2.24) is 4.98 Å². The summed E-state index contributed by atoms with van der Waals surface area (Å²) in [6.07, 6.45) is 1.83. The van der Waals surface area contributed by atoms with Gasteiger partial charge in [0.2, 0.25) is 0 Å². The Morgan fingerprint density at radius 3 is 2.54 bits per heavy atom. The van der Waals surface area contributed by atoms with Gasteiger partial charge in [0.1, 0.15) is 5.01 Å². The van der Waals surface area contributed by atoms with Crippen molar-refractivity contribution >= 4 is 17.0 Å². The summed E-state index contributed by atoms with van der Waals surface area (Å²) in [4.78, 5) is 4.24. The van der Waals surface area contributed by atoms with Crippen molar-refractivity contribution in [2.75, 3.05) is 12.4 Å². The minimum absolute atomic E-state index is 1.07. The number of rotatable bonds is 2. The fourth-order valence-corrected chi connectivity index (χ4v) is 1.79. The van der Waals surface area contributed by atoms with E-state index in [4.69, 9.17) is 0 Å². The predicted molar refractivity (Wildman–Crippen MR) is 57.1 cm³/mol. The monoisotopic (exact) mass is 190 g/mol. The lowest BCUT2D eigenvalue weighted by atomic mass is 10.2. The molecule has 0 aliphatic rings. The van der Waals surface area contributed by atoms with Gasteiger partial charge in [-0.2, -0.15) is 0 Å². The standard InChI is InChI=1S/C10H10N2S/c1-11-9-4-2-8(3-5-9)10-12-6-7-13-10/h2-7,11H,1H3. The van der Waals surface area contributed by atoms with Crippen LogP contribution in [0, 0.1) is 0 Å². The first-order valence-electron chi connectivity index (χ1n) is 4.08. The first-order chi connectivity index (χ1) is 6.40. The fraction of sp³-hybridized carbons (Fsp3) is 0.100. The lowest BCUT2D eigenvalue weighted by Gasteiger charge is -2.00. The maximum Gasteiger partial charge on any atom is 0.123 e. The van der Waals surface area contributed by atoms with Gasteiger partial charge >= 0.3 is 0 Å². The molecule has 1 aromatic heterocycles. The molecule has 0 atom stereocenters. The zero-order valence-electron chi connectivity index (χ0n) is 7.32. The van der Waals surface area contributed by atoms with Crippen LogP contribution in [0.3, 0.4) is 0 Å². The summed E-state index contributed by atoms with van der Waals surface area (Å²) in [5.41, 5.74) is 2.30. The zero-order valence-corrected chi connectivity index (χ0v) is 8.14. The molecule has 1 aromatic carbocycles. The second kappa shape index (κ2) is 3.58. The SMILES string of the molecule is CNc1ccc(-c2nccs2)cc1. The molecule has 0 aliphatic heterocycles. The van der Waals surface area contributed by atoms with Crippen LogP contribution in [0.4, 0.5) is 5.69 Å². The number of thiazole rings is 1. The summed E-state index contributed by atoms with van der Waals surface area (Å²) in [5, 5.41) is 6.14. The Labute approximate surface area is 81.3 Å². The van der Waals surface area contributed by atoms with Crippen LogP contribution in [0.15, 0.2) is 35.8 Å². The van der Waals surface area contributed by atoms with Crippen LogP contribution >= 0.6 is 11.3 Å². The molecule has 0 saturated carbocycles. The summed E-state index contributed by atoms with van der Waals surface area (Å²) in [5.74, 6) is 0. The van der Waals surface area contributed by atoms with E-state index >= 15 is 0 Å². The molecular formula is C10H10N2S. The molecule has 0 radical (unpaired) electrons. The molecule has 0 amide bonds. The highest BCUT2D eigenvalue weighted by Gasteiger charge is 1.98. The van der Waals surface area contributed by atoms with Gasteiger partial charge in [0, 0.05) is 29.9 Å². The number of hydrogen-bond donors (Lipinski definition) is 1. The molecule has 0 spiro atoms. The van der Waals surface area contributed by atoms with Gasteiger partial charge in [0.05, 0.1) is 0 Å². The molecule has 0 fully saturated rings. The summed E-state index contributed by atoms with van der Waals surface area (Å²) in [6, 6.07) is 8.25. The van der Waals surface area contributed by atoms with E-state index in [9.17, 15) is 0 Å². The molecule has 0 unspecified atom stereocenters. The van der Waals surface area contributed by atoms with Gasteiger partial charge in [-0.05, 0) is 24.3 Å². The Morgan fingerprint density at radius 2 is 2.00 bits per heavy atom. The predicted octanol–water partition coefficient (Wildman–Crippen LogP) is 2.85.